The minimum absolute atomic E-state index is 0.140. The quantitative estimate of drug-likeness (QED) is 0.364. The standard InChI is InChI=1S/C18H16N2O5/c1-25-13-8-9(20(23)24)2-5-12(13)19-16(21)14-10-3-4-11(15(14)17(19)22)18(10)6-7-18/h2-5,8,10-11,14-15H,6-7H2,1H3/t10-,11+,14-,15+. The molecule has 1 aromatic carbocycles. The fourth-order valence-corrected chi connectivity index (χ4v) is 5.28. The van der Waals surface area contributed by atoms with Crippen LogP contribution in [0.3, 0.4) is 0 Å². The van der Waals surface area contributed by atoms with Crippen molar-refractivity contribution in [3.8, 4) is 5.75 Å². The summed E-state index contributed by atoms with van der Waals surface area (Å²) in [6.45, 7) is 0. The number of nitro benzene ring substituents is 1. The van der Waals surface area contributed by atoms with E-state index in [-0.39, 0.29) is 52.3 Å². The summed E-state index contributed by atoms with van der Waals surface area (Å²) in [6.07, 6.45) is 6.40. The molecule has 3 fully saturated rings. The molecule has 0 radical (unpaired) electrons. The molecule has 128 valence electrons. The minimum Gasteiger partial charge on any atom is -0.494 e. The van der Waals surface area contributed by atoms with Gasteiger partial charge >= 0.3 is 0 Å². The number of anilines is 1. The SMILES string of the molecule is COc1cc([N+](=O)[O-])ccc1N1C(=O)[C@@H]2[C@H](C1=O)[C@H]1C=C[C@@H]2C12CC2. The normalized spacial score (nSPS) is 33.2. The second kappa shape index (κ2) is 4.47. The number of nitrogens with zero attached hydrogens (tertiary/aromatic N) is 2. The Morgan fingerprint density at radius 1 is 1.16 bits per heavy atom. The van der Waals surface area contributed by atoms with Crippen LogP contribution in [0.2, 0.25) is 0 Å². The number of non-ortho nitro benzene ring substituents is 1. The molecule has 4 aliphatic rings. The molecule has 1 saturated heterocycles. The van der Waals surface area contributed by atoms with Crippen LogP contribution in [0.5, 0.6) is 5.75 Å². The van der Waals surface area contributed by atoms with E-state index in [1.54, 1.807) is 0 Å². The monoisotopic (exact) mass is 340 g/mol. The molecule has 2 saturated carbocycles. The minimum atomic E-state index is -0.532. The number of methoxy groups -OCH3 is 1. The molecule has 5 rings (SSSR count). The zero-order valence-electron chi connectivity index (χ0n) is 13.5. The summed E-state index contributed by atoms with van der Waals surface area (Å²) in [5, 5.41) is 11.0. The summed E-state index contributed by atoms with van der Waals surface area (Å²) >= 11 is 0. The first-order valence-electron chi connectivity index (χ1n) is 8.38. The van der Waals surface area contributed by atoms with Crippen LogP contribution >= 0.6 is 0 Å². The van der Waals surface area contributed by atoms with Crippen LogP contribution in [0, 0.1) is 39.2 Å². The number of hydrogen-bond acceptors (Lipinski definition) is 5. The highest BCUT2D eigenvalue weighted by molar-refractivity contribution is 6.23. The van der Waals surface area contributed by atoms with Crippen molar-refractivity contribution < 1.29 is 19.2 Å². The zero-order chi connectivity index (χ0) is 17.5. The summed E-state index contributed by atoms with van der Waals surface area (Å²) in [4.78, 5) is 37.7. The van der Waals surface area contributed by atoms with E-state index >= 15 is 0 Å². The first-order valence-corrected chi connectivity index (χ1v) is 8.38. The van der Waals surface area contributed by atoms with Gasteiger partial charge in [-0.05, 0) is 36.2 Å². The first kappa shape index (κ1) is 14.6. The maximum Gasteiger partial charge on any atom is 0.273 e. The molecule has 1 spiro atoms. The third-order valence-electron chi connectivity index (χ3n) is 6.47. The average molecular weight is 340 g/mol. The Hall–Kier alpha value is -2.70. The summed E-state index contributed by atoms with van der Waals surface area (Å²) in [5.41, 5.74) is 0.298. The molecule has 0 aromatic heterocycles. The summed E-state index contributed by atoms with van der Waals surface area (Å²) in [6, 6.07) is 3.97. The number of carbonyl (C=O) groups excluding carboxylic acids is 2. The fourth-order valence-electron chi connectivity index (χ4n) is 5.28. The number of nitro groups is 1. The van der Waals surface area contributed by atoms with Gasteiger partial charge in [0.05, 0.1) is 35.6 Å². The Kier molecular flexibility index (Phi) is 2.62. The van der Waals surface area contributed by atoms with Crippen LogP contribution in [0.4, 0.5) is 11.4 Å². The molecule has 4 atom stereocenters. The Bertz CT molecular complexity index is 838. The number of ether oxygens (including phenoxy) is 1. The van der Waals surface area contributed by atoms with Crippen LogP contribution in [0.15, 0.2) is 30.4 Å². The fraction of sp³-hybridized carbons (Fsp3) is 0.444. The first-order chi connectivity index (χ1) is 12.0. The van der Waals surface area contributed by atoms with Gasteiger partial charge in [0.15, 0.2) is 0 Å². The smallest absolute Gasteiger partial charge is 0.273 e. The van der Waals surface area contributed by atoms with E-state index < -0.39 is 4.92 Å². The molecule has 0 unspecified atom stereocenters. The number of fused-ring (bicyclic) bond motifs is 3. The van der Waals surface area contributed by atoms with Crippen LogP contribution in [0.1, 0.15) is 12.8 Å². The van der Waals surface area contributed by atoms with E-state index in [4.69, 9.17) is 4.74 Å². The predicted molar refractivity (Wildman–Crippen MR) is 86.9 cm³/mol. The van der Waals surface area contributed by atoms with Crippen molar-refractivity contribution in [3.63, 3.8) is 0 Å². The largest absolute Gasteiger partial charge is 0.494 e. The zero-order valence-corrected chi connectivity index (χ0v) is 13.5. The third kappa shape index (κ3) is 1.61. The van der Waals surface area contributed by atoms with Crippen molar-refractivity contribution in [1.29, 1.82) is 0 Å². The molecular weight excluding hydrogens is 324 g/mol. The van der Waals surface area contributed by atoms with Gasteiger partial charge in [0.2, 0.25) is 11.8 Å². The number of hydrogen-bond donors (Lipinski definition) is 0. The molecule has 2 bridgehead atoms. The molecule has 25 heavy (non-hydrogen) atoms. The predicted octanol–water partition coefficient (Wildman–Crippen LogP) is 2.30. The third-order valence-corrected chi connectivity index (χ3v) is 6.47. The number of imide groups is 1. The molecule has 7 nitrogen and oxygen atoms in total. The summed E-state index contributed by atoms with van der Waals surface area (Å²) < 4.78 is 5.22. The highest BCUT2D eigenvalue weighted by atomic mass is 16.6. The molecule has 1 aliphatic heterocycles. The van der Waals surface area contributed by atoms with Crippen LogP contribution < -0.4 is 9.64 Å². The van der Waals surface area contributed by atoms with Gasteiger partial charge in [-0.1, -0.05) is 12.2 Å². The second-order valence-corrected chi connectivity index (χ2v) is 7.35. The number of allylic oxidation sites excluding steroid dienone is 2. The lowest BCUT2D eigenvalue weighted by Gasteiger charge is -2.22. The highest BCUT2D eigenvalue weighted by Crippen LogP contribution is 2.73. The molecular formula is C18H16N2O5. The molecule has 1 heterocycles. The average Bonchev–Trinajstić information content (AvgIpc) is 3.20. The number of carbonyl (C=O) groups is 2. The van der Waals surface area contributed by atoms with Crippen molar-refractivity contribution in [3.05, 3.63) is 40.5 Å². The van der Waals surface area contributed by atoms with Gasteiger partial charge < -0.3 is 4.74 Å². The number of benzene rings is 1. The van der Waals surface area contributed by atoms with Gasteiger partial charge in [-0.25, -0.2) is 4.90 Å². The van der Waals surface area contributed by atoms with E-state index in [1.165, 1.54) is 30.2 Å². The van der Waals surface area contributed by atoms with Gasteiger partial charge in [-0.15, -0.1) is 0 Å². The lowest BCUT2D eigenvalue weighted by atomic mass is 9.85. The van der Waals surface area contributed by atoms with Gasteiger partial charge in [0, 0.05) is 6.07 Å². The Morgan fingerprint density at radius 2 is 1.76 bits per heavy atom. The highest BCUT2D eigenvalue weighted by Gasteiger charge is 2.73. The summed E-state index contributed by atoms with van der Waals surface area (Å²) in [7, 11) is 1.37. The number of rotatable bonds is 3. The van der Waals surface area contributed by atoms with E-state index in [9.17, 15) is 19.7 Å². The van der Waals surface area contributed by atoms with Crippen molar-refractivity contribution in [2.24, 2.45) is 29.1 Å². The van der Waals surface area contributed by atoms with Gasteiger partial charge in [-0.2, -0.15) is 0 Å². The van der Waals surface area contributed by atoms with Crippen LogP contribution in [0.25, 0.3) is 0 Å². The van der Waals surface area contributed by atoms with Crippen molar-refractivity contribution in [1.82, 2.24) is 0 Å². The Morgan fingerprint density at radius 3 is 2.24 bits per heavy atom. The molecule has 0 N–H and O–H groups in total. The lowest BCUT2D eigenvalue weighted by Crippen LogP contribution is -2.35. The Balaban J connectivity index is 1.56. The van der Waals surface area contributed by atoms with E-state index in [1.807, 2.05) is 0 Å². The van der Waals surface area contributed by atoms with Crippen molar-refractivity contribution >= 4 is 23.2 Å². The van der Waals surface area contributed by atoms with Crippen LogP contribution in [-0.2, 0) is 9.59 Å². The van der Waals surface area contributed by atoms with Crippen molar-refractivity contribution in [2.75, 3.05) is 12.0 Å². The Labute approximate surface area is 143 Å². The van der Waals surface area contributed by atoms with E-state index in [0.29, 0.717) is 5.69 Å². The maximum atomic E-state index is 13.1. The van der Waals surface area contributed by atoms with E-state index in [0.717, 1.165) is 12.8 Å². The molecule has 3 aliphatic carbocycles. The maximum absolute atomic E-state index is 13.1. The second-order valence-electron chi connectivity index (χ2n) is 7.35. The molecule has 7 heteroatoms. The van der Waals surface area contributed by atoms with E-state index in [2.05, 4.69) is 12.2 Å². The van der Waals surface area contributed by atoms with Gasteiger partial charge in [0.1, 0.15) is 5.75 Å². The van der Waals surface area contributed by atoms with Gasteiger partial charge in [-0.3, -0.25) is 19.7 Å². The molecule has 2 amide bonds. The summed E-state index contributed by atoms with van der Waals surface area (Å²) in [5.74, 6) is -0.552. The number of amides is 2. The molecule has 1 aromatic rings. The lowest BCUT2D eigenvalue weighted by molar-refractivity contribution is -0.384. The van der Waals surface area contributed by atoms with Crippen LogP contribution in [-0.4, -0.2) is 23.8 Å². The topological polar surface area (TPSA) is 89.8 Å². The van der Waals surface area contributed by atoms with Gasteiger partial charge in [0.25, 0.3) is 5.69 Å². The van der Waals surface area contributed by atoms with Crippen molar-refractivity contribution in [2.45, 2.75) is 12.8 Å².